The van der Waals surface area contributed by atoms with Crippen LogP contribution in [0.3, 0.4) is 0 Å². The summed E-state index contributed by atoms with van der Waals surface area (Å²) in [6.07, 6.45) is 0.894. The number of imidazole rings is 1. The number of nitrogens with one attached hydrogen (secondary N) is 4. The normalized spacial score (nSPS) is 18.5. The van der Waals surface area contributed by atoms with E-state index in [2.05, 4.69) is 30.7 Å². The zero-order valence-corrected chi connectivity index (χ0v) is 23.4. The molecule has 2 aliphatic heterocycles. The third-order valence-electron chi connectivity index (χ3n) is 7.60. The van der Waals surface area contributed by atoms with Crippen molar-refractivity contribution in [1.82, 2.24) is 40.7 Å². The zero-order valence-electron chi connectivity index (χ0n) is 22.6. The van der Waals surface area contributed by atoms with Crippen LogP contribution in [0.5, 0.6) is 0 Å². The number of halogens is 4. The molecule has 3 aromatic heterocycles. The molecule has 5 heterocycles. The molecular formula is C28H27ClF3N9O2. The van der Waals surface area contributed by atoms with Crippen molar-refractivity contribution in [3.05, 3.63) is 70.4 Å². The van der Waals surface area contributed by atoms with Crippen molar-refractivity contribution < 1.29 is 22.8 Å². The predicted octanol–water partition coefficient (Wildman–Crippen LogP) is 4.01. The molecule has 43 heavy (non-hydrogen) atoms. The van der Waals surface area contributed by atoms with Gasteiger partial charge in [-0.05, 0) is 42.7 Å². The Hall–Kier alpha value is -4.43. The molecule has 0 radical (unpaired) electrons. The number of amides is 2. The van der Waals surface area contributed by atoms with Gasteiger partial charge in [0, 0.05) is 31.7 Å². The van der Waals surface area contributed by atoms with E-state index in [1.54, 1.807) is 18.2 Å². The molecule has 2 aliphatic rings. The number of aromatic nitrogens is 5. The van der Waals surface area contributed by atoms with Crippen molar-refractivity contribution >= 4 is 29.1 Å². The van der Waals surface area contributed by atoms with Gasteiger partial charge in [0.15, 0.2) is 5.82 Å². The fourth-order valence-electron chi connectivity index (χ4n) is 5.55. The maximum absolute atomic E-state index is 13.8. The molecule has 2 amide bonds. The number of aromatic amines is 2. The van der Waals surface area contributed by atoms with E-state index >= 15 is 0 Å². The van der Waals surface area contributed by atoms with Crippen LogP contribution in [0.25, 0.3) is 22.6 Å². The van der Waals surface area contributed by atoms with E-state index in [9.17, 15) is 22.8 Å². The van der Waals surface area contributed by atoms with Crippen molar-refractivity contribution in [2.24, 2.45) is 0 Å². The van der Waals surface area contributed by atoms with E-state index < -0.39 is 17.8 Å². The highest BCUT2D eigenvalue weighted by molar-refractivity contribution is 6.33. The summed E-state index contributed by atoms with van der Waals surface area (Å²) in [7, 11) is 0. The fourth-order valence-corrected chi connectivity index (χ4v) is 5.84. The Morgan fingerprint density at radius 1 is 1.09 bits per heavy atom. The molecule has 11 nitrogen and oxygen atoms in total. The van der Waals surface area contributed by atoms with Crippen LogP contribution in [-0.4, -0.2) is 67.0 Å². The molecule has 2 unspecified atom stereocenters. The van der Waals surface area contributed by atoms with Gasteiger partial charge < -0.3 is 26.3 Å². The minimum absolute atomic E-state index is 0.0426. The highest BCUT2D eigenvalue weighted by Crippen LogP contribution is 2.40. The van der Waals surface area contributed by atoms with E-state index in [0.717, 1.165) is 25.5 Å². The molecule has 2 fully saturated rings. The monoisotopic (exact) mass is 613 g/mol. The van der Waals surface area contributed by atoms with Crippen LogP contribution in [-0.2, 0) is 12.7 Å². The topological polar surface area (TPSA) is 158 Å². The SMILES string of the molecule is Nc1ccc(-c2n[nH]c(C(F)(F)F)c2-c2cnc(C(=O)NCc3ccc(C(=O)N4CC5CCCC(C4)N5)c(Cl)c3)[nH]2)nc1. The van der Waals surface area contributed by atoms with E-state index in [1.165, 1.54) is 18.3 Å². The van der Waals surface area contributed by atoms with Gasteiger partial charge in [-0.3, -0.25) is 19.7 Å². The number of piperazine rings is 1. The Morgan fingerprint density at radius 2 is 1.86 bits per heavy atom. The number of carbonyl (C=O) groups excluding carboxylic acids is 2. The lowest BCUT2D eigenvalue weighted by Gasteiger charge is -2.42. The number of likely N-dealkylation sites (tertiary alicyclic amines) is 1. The van der Waals surface area contributed by atoms with Crippen molar-refractivity contribution in [2.45, 2.75) is 44.1 Å². The van der Waals surface area contributed by atoms with Gasteiger partial charge >= 0.3 is 6.18 Å². The average Bonchev–Trinajstić information content (AvgIpc) is 3.64. The number of piperidine rings is 1. The second-order valence-corrected chi connectivity index (χ2v) is 11.0. The molecule has 2 bridgehead atoms. The van der Waals surface area contributed by atoms with Crippen molar-refractivity contribution in [3.63, 3.8) is 0 Å². The van der Waals surface area contributed by atoms with Crippen LogP contribution < -0.4 is 16.4 Å². The minimum atomic E-state index is -4.77. The van der Waals surface area contributed by atoms with Crippen molar-refractivity contribution in [1.29, 1.82) is 0 Å². The maximum atomic E-state index is 13.8. The molecule has 0 aliphatic carbocycles. The van der Waals surface area contributed by atoms with Gasteiger partial charge in [-0.2, -0.15) is 18.3 Å². The lowest BCUT2D eigenvalue weighted by atomic mass is 9.94. The van der Waals surface area contributed by atoms with E-state index in [0.29, 0.717) is 42.0 Å². The fraction of sp³-hybridized carbons (Fsp3) is 0.321. The smallest absolute Gasteiger partial charge is 0.397 e. The Labute approximate surface area is 248 Å². The second-order valence-electron chi connectivity index (χ2n) is 10.6. The Kier molecular flexibility index (Phi) is 7.56. The summed E-state index contributed by atoms with van der Waals surface area (Å²) in [5.41, 5.74) is 5.53. The molecule has 6 rings (SSSR count). The summed E-state index contributed by atoms with van der Waals surface area (Å²) in [6.45, 7) is 1.31. The Bertz CT molecular complexity index is 1660. The number of hydrogen-bond donors (Lipinski definition) is 5. The van der Waals surface area contributed by atoms with Gasteiger partial charge in [-0.25, -0.2) is 4.98 Å². The summed E-state index contributed by atoms with van der Waals surface area (Å²) in [5, 5.41) is 12.3. The molecule has 15 heteroatoms. The quantitative estimate of drug-likeness (QED) is 0.220. The van der Waals surface area contributed by atoms with E-state index in [4.69, 9.17) is 17.3 Å². The number of benzene rings is 1. The summed E-state index contributed by atoms with van der Waals surface area (Å²) >= 11 is 6.48. The summed E-state index contributed by atoms with van der Waals surface area (Å²) < 4.78 is 41.4. The van der Waals surface area contributed by atoms with Gasteiger partial charge in [-0.15, -0.1) is 0 Å². The molecule has 224 valence electrons. The number of H-pyrrole nitrogens is 2. The molecule has 2 atom stereocenters. The Morgan fingerprint density at radius 3 is 2.53 bits per heavy atom. The molecule has 0 saturated carbocycles. The van der Waals surface area contributed by atoms with Crippen LogP contribution in [0.15, 0.2) is 42.7 Å². The summed E-state index contributed by atoms with van der Waals surface area (Å²) in [4.78, 5) is 38.6. The van der Waals surface area contributed by atoms with Crippen LogP contribution in [0.1, 0.15) is 51.5 Å². The van der Waals surface area contributed by atoms with E-state index in [1.807, 2.05) is 10.00 Å². The van der Waals surface area contributed by atoms with Gasteiger partial charge in [0.2, 0.25) is 0 Å². The number of nitrogens with zero attached hydrogens (tertiary/aromatic N) is 4. The van der Waals surface area contributed by atoms with E-state index in [-0.39, 0.29) is 45.9 Å². The molecule has 2 saturated heterocycles. The number of anilines is 1. The first kappa shape index (κ1) is 28.7. The lowest BCUT2D eigenvalue weighted by molar-refractivity contribution is -0.140. The predicted molar refractivity (Wildman–Crippen MR) is 152 cm³/mol. The number of pyridine rings is 1. The lowest BCUT2D eigenvalue weighted by Crippen LogP contribution is -2.59. The largest absolute Gasteiger partial charge is 0.433 e. The zero-order chi connectivity index (χ0) is 30.3. The number of alkyl halides is 3. The molecule has 1 aromatic carbocycles. The molecular weight excluding hydrogens is 587 g/mol. The van der Waals surface area contributed by atoms with Crippen LogP contribution in [0.4, 0.5) is 18.9 Å². The Balaban J connectivity index is 1.15. The highest BCUT2D eigenvalue weighted by Gasteiger charge is 2.39. The number of hydrogen-bond acceptors (Lipinski definition) is 7. The third-order valence-corrected chi connectivity index (χ3v) is 7.91. The van der Waals surface area contributed by atoms with Gasteiger partial charge in [-0.1, -0.05) is 24.1 Å². The van der Waals surface area contributed by atoms with Gasteiger partial charge in [0.25, 0.3) is 11.8 Å². The first-order valence-corrected chi connectivity index (χ1v) is 14.0. The number of nitrogen functional groups attached to an aromatic ring is 1. The maximum Gasteiger partial charge on any atom is 0.433 e. The number of rotatable bonds is 6. The van der Waals surface area contributed by atoms with Crippen LogP contribution in [0.2, 0.25) is 5.02 Å². The second kappa shape index (κ2) is 11.3. The molecule has 6 N–H and O–H groups in total. The van der Waals surface area contributed by atoms with Crippen molar-refractivity contribution in [3.8, 4) is 22.6 Å². The van der Waals surface area contributed by atoms with Crippen LogP contribution >= 0.6 is 11.6 Å². The van der Waals surface area contributed by atoms with Crippen molar-refractivity contribution in [2.75, 3.05) is 18.8 Å². The number of fused-ring (bicyclic) bond motifs is 2. The molecule has 4 aromatic rings. The highest BCUT2D eigenvalue weighted by atomic mass is 35.5. The number of carbonyl (C=O) groups is 2. The first-order chi connectivity index (χ1) is 20.6. The minimum Gasteiger partial charge on any atom is -0.397 e. The summed E-state index contributed by atoms with van der Waals surface area (Å²) in [6, 6.07) is 8.46. The summed E-state index contributed by atoms with van der Waals surface area (Å²) in [5.74, 6) is -0.991. The van der Waals surface area contributed by atoms with Crippen LogP contribution in [0, 0.1) is 0 Å². The van der Waals surface area contributed by atoms with Gasteiger partial charge in [0.1, 0.15) is 11.4 Å². The number of nitrogens with two attached hydrogens (primary N) is 1. The first-order valence-electron chi connectivity index (χ1n) is 13.6. The van der Waals surface area contributed by atoms with Gasteiger partial charge in [0.05, 0.1) is 45.6 Å². The third kappa shape index (κ3) is 5.92. The molecule has 0 spiro atoms. The standard InChI is InChI=1S/C28H27ClF3N9O2/c29-19-8-14(4-6-18(19)27(43)41-12-16-2-1-3-17(13-41)37-16)9-36-26(42)25-35-11-21(38-25)22-23(20-7-5-15(33)10-34-20)39-40-24(22)28(30,31)32/h4-8,10-11,16-17,37H,1-3,9,12-13,33H2,(H,35,38)(H,36,42)(H,39,40). The average molecular weight is 614 g/mol.